The van der Waals surface area contributed by atoms with Gasteiger partial charge >= 0.3 is 0 Å². The second kappa shape index (κ2) is 5.78. The molecule has 0 aliphatic heterocycles. The molecule has 0 aliphatic carbocycles. The molecule has 1 amide bonds. The largest absolute Gasteiger partial charge is 0.506 e. The molecule has 0 aliphatic rings. The molecule has 0 saturated carbocycles. The van der Waals surface area contributed by atoms with Crippen molar-refractivity contribution in [2.75, 3.05) is 5.32 Å². The number of phenolic OH excluding ortho intramolecular Hbond substituents is 1. The Morgan fingerprint density at radius 3 is 2.83 bits per heavy atom. The number of anilines is 1. The number of rotatable bonds is 3. The lowest BCUT2D eigenvalue weighted by Crippen LogP contribution is -2.12. The molecule has 1 aromatic carbocycles. The molecule has 24 heavy (non-hydrogen) atoms. The van der Waals surface area contributed by atoms with Crippen LogP contribution in [0, 0.1) is 0 Å². The van der Waals surface area contributed by atoms with E-state index >= 15 is 0 Å². The van der Waals surface area contributed by atoms with Crippen molar-refractivity contribution in [3.05, 3.63) is 65.8 Å². The number of hydrogen-bond acceptors (Lipinski definition) is 5. The standard InChI is InChI=1S/C17H12N4O2S/c22-14-5-2-1-4-12(14)20-17(23)11-10-19-21-13(7-8-18-16(11)21)15-6-3-9-24-15/h1-10,22H,(H,20,23). The first kappa shape index (κ1) is 14.4. The van der Waals surface area contributed by atoms with Crippen molar-refractivity contribution < 1.29 is 9.90 Å². The van der Waals surface area contributed by atoms with Crippen molar-refractivity contribution in [2.24, 2.45) is 0 Å². The number of phenols is 1. The highest BCUT2D eigenvalue weighted by atomic mass is 32.1. The average Bonchev–Trinajstić information content (AvgIpc) is 3.26. The Labute approximate surface area is 141 Å². The summed E-state index contributed by atoms with van der Waals surface area (Å²) in [6.45, 7) is 0. The molecule has 4 rings (SSSR count). The normalized spacial score (nSPS) is 10.8. The van der Waals surface area contributed by atoms with Gasteiger partial charge in [0.15, 0.2) is 5.65 Å². The molecule has 4 aromatic rings. The minimum Gasteiger partial charge on any atom is -0.506 e. The first-order valence-corrected chi connectivity index (χ1v) is 8.08. The number of benzene rings is 1. The Morgan fingerprint density at radius 1 is 1.17 bits per heavy atom. The van der Waals surface area contributed by atoms with Crippen molar-refractivity contribution in [2.45, 2.75) is 0 Å². The molecule has 2 N–H and O–H groups in total. The molecule has 3 aromatic heterocycles. The Kier molecular flexibility index (Phi) is 3.47. The second-order valence-corrected chi connectivity index (χ2v) is 6.02. The number of hydrogen-bond donors (Lipinski definition) is 2. The van der Waals surface area contributed by atoms with Crippen molar-refractivity contribution in [1.29, 1.82) is 0 Å². The second-order valence-electron chi connectivity index (χ2n) is 5.07. The third-order valence-corrected chi connectivity index (χ3v) is 4.46. The molecule has 3 heterocycles. The fourth-order valence-corrected chi connectivity index (χ4v) is 3.17. The SMILES string of the molecule is O=C(Nc1ccccc1O)c1cnn2c(-c3cccs3)ccnc12. The van der Waals surface area contributed by atoms with E-state index in [1.165, 1.54) is 12.3 Å². The fourth-order valence-electron chi connectivity index (χ4n) is 2.43. The van der Waals surface area contributed by atoms with E-state index in [1.807, 2.05) is 23.6 Å². The van der Waals surface area contributed by atoms with E-state index in [4.69, 9.17) is 0 Å². The first-order chi connectivity index (χ1) is 11.7. The van der Waals surface area contributed by atoms with Gasteiger partial charge in [0.1, 0.15) is 11.3 Å². The van der Waals surface area contributed by atoms with Gasteiger partial charge < -0.3 is 10.4 Å². The summed E-state index contributed by atoms with van der Waals surface area (Å²) in [7, 11) is 0. The lowest BCUT2D eigenvalue weighted by molar-refractivity contribution is 0.102. The van der Waals surface area contributed by atoms with Crippen LogP contribution in [0.2, 0.25) is 0 Å². The van der Waals surface area contributed by atoms with E-state index in [2.05, 4.69) is 15.4 Å². The molecule has 0 saturated heterocycles. The lowest BCUT2D eigenvalue weighted by atomic mass is 10.2. The Bertz CT molecular complexity index is 1020. The molecule has 0 bridgehead atoms. The third kappa shape index (κ3) is 2.40. The summed E-state index contributed by atoms with van der Waals surface area (Å²) >= 11 is 1.59. The topological polar surface area (TPSA) is 79.5 Å². The van der Waals surface area contributed by atoms with E-state index in [0.717, 1.165) is 10.6 Å². The van der Waals surface area contributed by atoms with Gasteiger partial charge in [-0.2, -0.15) is 5.10 Å². The Balaban J connectivity index is 1.74. The number of carbonyl (C=O) groups is 1. The molecule has 118 valence electrons. The fraction of sp³-hybridized carbons (Fsp3) is 0. The van der Waals surface area contributed by atoms with E-state index in [-0.39, 0.29) is 11.7 Å². The number of carbonyl (C=O) groups excluding carboxylic acids is 1. The number of amides is 1. The number of thiophene rings is 1. The summed E-state index contributed by atoms with van der Waals surface area (Å²) in [5.74, 6) is -0.364. The van der Waals surface area contributed by atoms with Gasteiger partial charge in [-0.25, -0.2) is 9.50 Å². The van der Waals surface area contributed by atoms with Gasteiger partial charge in [0.2, 0.25) is 0 Å². The van der Waals surface area contributed by atoms with Gasteiger partial charge in [0.05, 0.1) is 22.5 Å². The molecule has 0 unspecified atom stereocenters. The van der Waals surface area contributed by atoms with Crippen molar-refractivity contribution >= 4 is 28.6 Å². The van der Waals surface area contributed by atoms with Crippen LogP contribution in [0.4, 0.5) is 5.69 Å². The Hall–Kier alpha value is -3.19. The molecule has 0 fully saturated rings. The molecule has 6 nitrogen and oxygen atoms in total. The molecule has 0 spiro atoms. The van der Waals surface area contributed by atoms with Crippen molar-refractivity contribution in [1.82, 2.24) is 14.6 Å². The Morgan fingerprint density at radius 2 is 2.04 bits per heavy atom. The summed E-state index contributed by atoms with van der Waals surface area (Å²) in [6, 6.07) is 12.4. The van der Waals surface area contributed by atoms with Crippen LogP contribution in [-0.2, 0) is 0 Å². The van der Waals surface area contributed by atoms with Gasteiger partial charge in [0, 0.05) is 6.20 Å². The summed E-state index contributed by atoms with van der Waals surface area (Å²) in [6.07, 6.45) is 3.14. The average molecular weight is 336 g/mol. The maximum atomic E-state index is 12.5. The molecule has 0 atom stereocenters. The van der Waals surface area contributed by atoms with E-state index in [0.29, 0.717) is 16.9 Å². The number of aromatic hydroxyl groups is 1. The van der Waals surface area contributed by atoms with E-state index in [9.17, 15) is 9.90 Å². The van der Waals surface area contributed by atoms with Crippen LogP contribution in [0.1, 0.15) is 10.4 Å². The number of nitrogens with one attached hydrogen (secondary N) is 1. The third-order valence-electron chi connectivity index (χ3n) is 3.57. The molecule has 7 heteroatoms. The molecular formula is C17H12N4O2S. The predicted octanol–water partition coefficient (Wildman–Crippen LogP) is 3.42. The van der Waals surface area contributed by atoms with Crippen LogP contribution >= 0.6 is 11.3 Å². The summed E-state index contributed by atoms with van der Waals surface area (Å²) < 4.78 is 1.64. The minimum atomic E-state index is -0.373. The van der Waals surface area contributed by atoms with Crippen LogP contribution in [0.25, 0.3) is 16.2 Å². The van der Waals surface area contributed by atoms with Gasteiger partial charge in [-0.05, 0) is 29.6 Å². The minimum absolute atomic E-state index is 0.00885. The quantitative estimate of drug-likeness (QED) is 0.562. The predicted molar refractivity (Wildman–Crippen MR) is 92.4 cm³/mol. The zero-order valence-electron chi connectivity index (χ0n) is 12.4. The van der Waals surface area contributed by atoms with Gasteiger partial charge in [-0.3, -0.25) is 4.79 Å². The van der Waals surface area contributed by atoms with Crippen LogP contribution in [0.5, 0.6) is 5.75 Å². The zero-order chi connectivity index (χ0) is 16.5. The van der Waals surface area contributed by atoms with E-state index < -0.39 is 0 Å². The highest BCUT2D eigenvalue weighted by molar-refractivity contribution is 7.13. The number of fused-ring (bicyclic) bond motifs is 1. The van der Waals surface area contributed by atoms with E-state index in [1.54, 1.807) is 40.2 Å². The highest BCUT2D eigenvalue weighted by Gasteiger charge is 2.17. The van der Waals surface area contributed by atoms with Gasteiger partial charge in [-0.15, -0.1) is 11.3 Å². The van der Waals surface area contributed by atoms with Crippen molar-refractivity contribution in [3.63, 3.8) is 0 Å². The molecular weight excluding hydrogens is 324 g/mol. The van der Waals surface area contributed by atoms with Crippen LogP contribution < -0.4 is 5.32 Å². The maximum Gasteiger partial charge on any atom is 0.261 e. The summed E-state index contributed by atoms with van der Waals surface area (Å²) in [4.78, 5) is 17.8. The number of aromatic nitrogens is 3. The van der Waals surface area contributed by atoms with Crippen LogP contribution in [-0.4, -0.2) is 25.6 Å². The smallest absolute Gasteiger partial charge is 0.261 e. The van der Waals surface area contributed by atoms with Crippen molar-refractivity contribution in [3.8, 4) is 16.3 Å². The van der Waals surface area contributed by atoms with Gasteiger partial charge in [0.25, 0.3) is 5.91 Å². The summed E-state index contributed by atoms with van der Waals surface area (Å²) in [5, 5.41) is 18.7. The highest BCUT2D eigenvalue weighted by Crippen LogP contribution is 2.26. The number of nitrogens with zero attached hydrogens (tertiary/aromatic N) is 3. The lowest BCUT2D eigenvalue weighted by Gasteiger charge is -2.06. The first-order valence-electron chi connectivity index (χ1n) is 7.20. The monoisotopic (exact) mass is 336 g/mol. The molecule has 0 radical (unpaired) electrons. The van der Waals surface area contributed by atoms with Crippen LogP contribution in [0.15, 0.2) is 60.2 Å². The zero-order valence-corrected chi connectivity index (χ0v) is 13.2. The number of para-hydroxylation sites is 2. The van der Waals surface area contributed by atoms with Crippen LogP contribution in [0.3, 0.4) is 0 Å². The maximum absolute atomic E-state index is 12.5. The van der Waals surface area contributed by atoms with Gasteiger partial charge in [-0.1, -0.05) is 18.2 Å². The summed E-state index contributed by atoms with van der Waals surface area (Å²) in [5.41, 5.74) is 2.03.